The van der Waals surface area contributed by atoms with Crippen LogP contribution >= 0.6 is 0 Å². The Hall–Kier alpha value is -1.91. The first kappa shape index (κ1) is 15.0. The molecule has 2 N–H and O–H groups in total. The summed E-state index contributed by atoms with van der Waals surface area (Å²) in [6.07, 6.45) is 0. The van der Waals surface area contributed by atoms with Gasteiger partial charge in [-0.3, -0.25) is 9.80 Å². The molecule has 3 nitrogen and oxygen atoms in total. The molecule has 1 fully saturated rings. The van der Waals surface area contributed by atoms with Crippen LogP contribution in [0.15, 0.2) is 48.5 Å². The third-order valence-corrected chi connectivity index (χ3v) is 4.21. The molecule has 2 aromatic carbocycles. The Labute approximate surface area is 131 Å². The fourth-order valence-electron chi connectivity index (χ4n) is 2.90. The van der Waals surface area contributed by atoms with E-state index in [1.807, 2.05) is 6.07 Å². The highest BCUT2D eigenvalue weighted by Crippen LogP contribution is 2.17. The molecule has 0 bridgehead atoms. The number of rotatable bonds is 4. The summed E-state index contributed by atoms with van der Waals surface area (Å²) < 4.78 is 13.3. The molecule has 116 valence electrons. The van der Waals surface area contributed by atoms with Crippen LogP contribution in [0.25, 0.3) is 0 Å². The van der Waals surface area contributed by atoms with E-state index in [4.69, 9.17) is 5.73 Å². The Morgan fingerprint density at radius 1 is 0.864 bits per heavy atom. The summed E-state index contributed by atoms with van der Waals surface area (Å²) in [5.74, 6) is -0.216. The first-order chi connectivity index (χ1) is 10.7. The van der Waals surface area contributed by atoms with Gasteiger partial charge in [0.05, 0.1) is 0 Å². The Morgan fingerprint density at radius 3 is 2.18 bits per heavy atom. The lowest BCUT2D eigenvalue weighted by atomic mass is 10.1. The van der Waals surface area contributed by atoms with Crippen molar-refractivity contribution in [2.24, 2.45) is 0 Å². The molecule has 22 heavy (non-hydrogen) atoms. The number of piperazine rings is 1. The second-order valence-electron chi connectivity index (χ2n) is 5.88. The third kappa shape index (κ3) is 3.84. The average Bonchev–Trinajstić information content (AvgIpc) is 2.54. The predicted molar refractivity (Wildman–Crippen MR) is 87.8 cm³/mol. The molecule has 1 saturated heterocycles. The van der Waals surface area contributed by atoms with Gasteiger partial charge in [-0.05, 0) is 29.3 Å². The van der Waals surface area contributed by atoms with Crippen molar-refractivity contribution in [1.29, 1.82) is 0 Å². The standard InChI is InChI=1S/C18H22FN3/c19-17-6-7-18(20)16(12-17)14-22-10-8-21(9-11-22)13-15-4-2-1-3-5-15/h1-7,12H,8-11,13-14,20H2. The second kappa shape index (κ2) is 6.90. The molecule has 4 heteroatoms. The van der Waals surface area contributed by atoms with E-state index in [9.17, 15) is 4.39 Å². The zero-order valence-electron chi connectivity index (χ0n) is 12.7. The number of nitrogens with zero attached hydrogens (tertiary/aromatic N) is 2. The predicted octanol–water partition coefficient (Wildman–Crippen LogP) is 2.73. The maximum atomic E-state index is 13.3. The molecule has 0 aromatic heterocycles. The van der Waals surface area contributed by atoms with E-state index in [2.05, 4.69) is 34.1 Å². The van der Waals surface area contributed by atoms with Crippen LogP contribution in [0.1, 0.15) is 11.1 Å². The average molecular weight is 299 g/mol. The van der Waals surface area contributed by atoms with Crippen molar-refractivity contribution in [1.82, 2.24) is 9.80 Å². The van der Waals surface area contributed by atoms with E-state index in [0.717, 1.165) is 44.8 Å². The number of nitrogens with two attached hydrogens (primary N) is 1. The van der Waals surface area contributed by atoms with Crippen molar-refractivity contribution in [3.05, 3.63) is 65.5 Å². The number of anilines is 1. The fraction of sp³-hybridized carbons (Fsp3) is 0.333. The van der Waals surface area contributed by atoms with Crippen LogP contribution in [0, 0.1) is 5.82 Å². The highest BCUT2D eigenvalue weighted by atomic mass is 19.1. The van der Waals surface area contributed by atoms with Crippen molar-refractivity contribution in [3.8, 4) is 0 Å². The molecule has 1 aliphatic heterocycles. The van der Waals surface area contributed by atoms with Crippen LogP contribution in [0.3, 0.4) is 0 Å². The van der Waals surface area contributed by atoms with E-state index in [0.29, 0.717) is 5.69 Å². The molecule has 0 atom stereocenters. The lowest BCUT2D eigenvalue weighted by Crippen LogP contribution is -2.45. The first-order valence-corrected chi connectivity index (χ1v) is 7.73. The largest absolute Gasteiger partial charge is 0.398 e. The van der Waals surface area contributed by atoms with Gasteiger partial charge in [-0.15, -0.1) is 0 Å². The maximum Gasteiger partial charge on any atom is 0.123 e. The number of nitrogen functional groups attached to an aromatic ring is 1. The molecule has 0 saturated carbocycles. The van der Waals surface area contributed by atoms with Crippen molar-refractivity contribution in [3.63, 3.8) is 0 Å². The van der Waals surface area contributed by atoms with Crippen LogP contribution in [-0.4, -0.2) is 36.0 Å². The lowest BCUT2D eigenvalue weighted by molar-refractivity contribution is 0.122. The Kier molecular flexibility index (Phi) is 4.71. The normalized spacial score (nSPS) is 16.8. The molecule has 0 spiro atoms. The number of hydrogen-bond acceptors (Lipinski definition) is 3. The lowest BCUT2D eigenvalue weighted by Gasteiger charge is -2.35. The van der Waals surface area contributed by atoms with Crippen LogP contribution in [0.4, 0.5) is 10.1 Å². The quantitative estimate of drug-likeness (QED) is 0.881. The van der Waals surface area contributed by atoms with Crippen LogP contribution < -0.4 is 5.73 Å². The van der Waals surface area contributed by atoms with Gasteiger partial charge in [0.1, 0.15) is 5.82 Å². The van der Waals surface area contributed by atoms with Gasteiger partial charge in [-0.2, -0.15) is 0 Å². The van der Waals surface area contributed by atoms with Crippen molar-refractivity contribution < 1.29 is 4.39 Å². The number of halogens is 1. The van der Waals surface area contributed by atoms with Crippen LogP contribution in [0.5, 0.6) is 0 Å². The van der Waals surface area contributed by atoms with Gasteiger partial charge in [0.15, 0.2) is 0 Å². The third-order valence-electron chi connectivity index (χ3n) is 4.21. The van der Waals surface area contributed by atoms with Crippen LogP contribution in [-0.2, 0) is 13.1 Å². The minimum atomic E-state index is -0.216. The van der Waals surface area contributed by atoms with E-state index in [1.165, 1.54) is 11.6 Å². The Morgan fingerprint density at radius 2 is 1.50 bits per heavy atom. The topological polar surface area (TPSA) is 32.5 Å². The molecule has 0 radical (unpaired) electrons. The van der Waals surface area contributed by atoms with Gasteiger partial charge in [0, 0.05) is 45.0 Å². The smallest absolute Gasteiger partial charge is 0.123 e. The summed E-state index contributed by atoms with van der Waals surface area (Å²) in [6, 6.07) is 15.2. The highest BCUT2D eigenvalue weighted by molar-refractivity contribution is 5.46. The molecule has 1 heterocycles. The van der Waals surface area contributed by atoms with E-state index in [-0.39, 0.29) is 5.82 Å². The van der Waals surface area contributed by atoms with E-state index < -0.39 is 0 Å². The molecular weight excluding hydrogens is 277 g/mol. The number of benzene rings is 2. The highest BCUT2D eigenvalue weighted by Gasteiger charge is 2.17. The monoisotopic (exact) mass is 299 g/mol. The summed E-state index contributed by atoms with van der Waals surface area (Å²) in [4.78, 5) is 4.80. The van der Waals surface area contributed by atoms with Gasteiger partial charge in [-0.25, -0.2) is 4.39 Å². The van der Waals surface area contributed by atoms with Gasteiger partial charge in [-0.1, -0.05) is 30.3 Å². The molecule has 3 rings (SSSR count). The zero-order chi connectivity index (χ0) is 15.4. The van der Waals surface area contributed by atoms with Crippen molar-refractivity contribution in [2.75, 3.05) is 31.9 Å². The summed E-state index contributed by atoms with van der Waals surface area (Å²) in [5.41, 5.74) is 8.84. The summed E-state index contributed by atoms with van der Waals surface area (Å²) in [6.45, 7) is 5.76. The molecule has 0 aliphatic carbocycles. The van der Waals surface area contributed by atoms with Gasteiger partial charge in [0.25, 0.3) is 0 Å². The first-order valence-electron chi connectivity index (χ1n) is 7.73. The molecule has 1 aliphatic rings. The van der Waals surface area contributed by atoms with Crippen LogP contribution in [0.2, 0.25) is 0 Å². The fourth-order valence-corrected chi connectivity index (χ4v) is 2.90. The summed E-state index contributed by atoms with van der Waals surface area (Å²) >= 11 is 0. The molecule has 0 amide bonds. The molecular formula is C18H22FN3. The van der Waals surface area contributed by atoms with E-state index in [1.54, 1.807) is 12.1 Å². The Bertz CT molecular complexity index is 607. The van der Waals surface area contributed by atoms with E-state index >= 15 is 0 Å². The number of hydrogen-bond donors (Lipinski definition) is 1. The summed E-state index contributed by atoms with van der Waals surface area (Å²) in [7, 11) is 0. The Balaban J connectivity index is 1.52. The minimum Gasteiger partial charge on any atom is -0.398 e. The second-order valence-corrected chi connectivity index (χ2v) is 5.88. The minimum absolute atomic E-state index is 0.216. The molecule has 0 unspecified atom stereocenters. The van der Waals surface area contributed by atoms with Gasteiger partial charge in [0.2, 0.25) is 0 Å². The zero-order valence-corrected chi connectivity index (χ0v) is 12.7. The van der Waals surface area contributed by atoms with Gasteiger partial charge < -0.3 is 5.73 Å². The SMILES string of the molecule is Nc1ccc(F)cc1CN1CCN(Cc2ccccc2)CC1. The van der Waals surface area contributed by atoms with Gasteiger partial charge >= 0.3 is 0 Å². The van der Waals surface area contributed by atoms with Crippen molar-refractivity contribution >= 4 is 5.69 Å². The maximum absolute atomic E-state index is 13.3. The summed E-state index contributed by atoms with van der Waals surface area (Å²) in [5, 5.41) is 0. The molecule has 2 aromatic rings. The van der Waals surface area contributed by atoms with Crippen molar-refractivity contribution in [2.45, 2.75) is 13.1 Å².